The molecule has 7 nitrogen and oxygen atoms in total. The molecule has 1 fully saturated rings. The molecule has 2 amide bonds. The lowest BCUT2D eigenvalue weighted by molar-refractivity contribution is -0.134. The molecule has 0 bridgehead atoms. The molecule has 0 saturated carbocycles. The van der Waals surface area contributed by atoms with E-state index in [-0.39, 0.29) is 24.5 Å². The number of amides is 2. The minimum Gasteiger partial charge on any atom is -0.496 e. The van der Waals surface area contributed by atoms with Crippen LogP contribution in [0.5, 0.6) is 17.2 Å². The minimum absolute atomic E-state index is 0.0136. The first-order valence-electron chi connectivity index (χ1n) is 10.4. The molecule has 1 aliphatic rings. The smallest absolute Gasteiger partial charge is 0.260 e. The lowest BCUT2D eigenvalue weighted by atomic mass is 10.0. The number of ether oxygens (including phenoxy) is 3. The van der Waals surface area contributed by atoms with Crippen LogP contribution in [0.15, 0.2) is 36.4 Å². The number of methoxy groups -OCH3 is 2. The van der Waals surface area contributed by atoms with E-state index in [1.54, 1.807) is 23.1 Å². The second-order valence-electron chi connectivity index (χ2n) is 7.65. The van der Waals surface area contributed by atoms with Gasteiger partial charge in [-0.15, -0.1) is 0 Å². The lowest BCUT2D eigenvalue weighted by Gasteiger charge is -2.32. The van der Waals surface area contributed by atoms with E-state index in [2.05, 4.69) is 5.32 Å². The van der Waals surface area contributed by atoms with Crippen LogP contribution in [0, 0.1) is 13.8 Å². The third kappa shape index (κ3) is 5.29. The molecule has 3 rings (SSSR count). The van der Waals surface area contributed by atoms with Crippen molar-refractivity contribution in [3.8, 4) is 17.2 Å². The van der Waals surface area contributed by atoms with E-state index in [0.29, 0.717) is 43.0 Å². The van der Waals surface area contributed by atoms with Gasteiger partial charge in [-0.1, -0.05) is 18.2 Å². The van der Waals surface area contributed by atoms with Crippen LogP contribution in [0.25, 0.3) is 0 Å². The fourth-order valence-electron chi connectivity index (χ4n) is 3.72. The number of rotatable bonds is 7. The van der Waals surface area contributed by atoms with Gasteiger partial charge in [-0.05, 0) is 56.0 Å². The predicted octanol–water partition coefficient (Wildman–Crippen LogP) is 3.12. The van der Waals surface area contributed by atoms with Crippen LogP contribution < -0.4 is 19.5 Å². The van der Waals surface area contributed by atoms with Gasteiger partial charge in [0.25, 0.3) is 11.8 Å². The van der Waals surface area contributed by atoms with Crippen molar-refractivity contribution in [1.82, 2.24) is 10.2 Å². The number of aryl methyl sites for hydroxylation is 1. The minimum atomic E-state index is -0.239. The van der Waals surface area contributed by atoms with Gasteiger partial charge < -0.3 is 24.4 Å². The topological polar surface area (TPSA) is 77.1 Å². The average Bonchev–Trinajstić information content (AvgIpc) is 2.79. The molecule has 1 aliphatic heterocycles. The number of carbonyl (C=O) groups is 2. The molecule has 7 heteroatoms. The molecule has 1 N–H and O–H groups in total. The fourth-order valence-corrected chi connectivity index (χ4v) is 3.72. The molecule has 0 atom stereocenters. The van der Waals surface area contributed by atoms with Crippen LogP contribution >= 0.6 is 0 Å². The monoisotopic (exact) mass is 426 g/mol. The summed E-state index contributed by atoms with van der Waals surface area (Å²) in [5.41, 5.74) is 2.56. The van der Waals surface area contributed by atoms with Gasteiger partial charge >= 0.3 is 0 Å². The van der Waals surface area contributed by atoms with E-state index < -0.39 is 0 Å². The molecule has 2 aromatic carbocycles. The maximum absolute atomic E-state index is 12.8. The van der Waals surface area contributed by atoms with Gasteiger partial charge in [0.1, 0.15) is 22.8 Å². The van der Waals surface area contributed by atoms with E-state index in [1.807, 2.05) is 32.0 Å². The zero-order valence-electron chi connectivity index (χ0n) is 18.6. The zero-order chi connectivity index (χ0) is 22.4. The molecule has 166 valence electrons. The lowest BCUT2D eigenvalue weighted by Crippen LogP contribution is -2.47. The summed E-state index contributed by atoms with van der Waals surface area (Å²) in [6.45, 7) is 5.16. The number of likely N-dealkylation sites (tertiary alicyclic amines) is 1. The zero-order valence-corrected chi connectivity index (χ0v) is 18.6. The SMILES string of the molecule is COc1cccc(OC)c1C(=O)NC1CCN(C(=O)COc2cccc(C)c2C)CC1. The van der Waals surface area contributed by atoms with Gasteiger partial charge in [0.15, 0.2) is 6.61 Å². The van der Waals surface area contributed by atoms with Crippen molar-refractivity contribution >= 4 is 11.8 Å². The number of nitrogens with one attached hydrogen (secondary N) is 1. The first kappa shape index (κ1) is 22.5. The molecular weight excluding hydrogens is 396 g/mol. The molecular formula is C24H30N2O5. The van der Waals surface area contributed by atoms with Crippen LogP contribution in [0.4, 0.5) is 0 Å². The summed E-state index contributed by atoms with van der Waals surface area (Å²) in [7, 11) is 3.05. The molecule has 0 spiro atoms. The Bertz CT molecular complexity index is 913. The molecule has 2 aromatic rings. The van der Waals surface area contributed by atoms with Crippen molar-refractivity contribution in [2.24, 2.45) is 0 Å². The summed E-state index contributed by atoms with van der Waals surface area (Å²) < 4.78 is 16.4. The number of piperidine rings is 1. The molecule has 1 saturated heterocycles. The average molecular weight is 427 g/mol. The number of nitrogens with zero attached hydrogens (tertiary/aromatic N) is 1. The van der Waals surface area contributed by atoms with Crippen molar-refractivity contribution in [3.05, 3.63) is 53.1 Å². The first-order valence-corrected chi connectivity index (χ1v) is 10.4. The Morgan fingerprint density at radius 2 is 1.55 bits per heavy atom. The second-order valence-corrected chi connectivity index (χ2v) is 7.65. The van der Waals surface area contributed by atoms with Crippen LogP contribution in [-0.4, -0.2) is 56.7 Å². The van der Waals surface area contributed by atoms with E-state index in [1.165, 1.54) is 14.2 Å². The summed E-state index contributed by atoms with van der Waals surface area (Å²) in [5.74, 6) is 1.39. The van der Waals surface area contributed by atoms with Crippen molar-refractivity contribution in [1.29, 1.82) is 0 Å². The molecule has 31 heavy (non-hydrogen) atoms. The summed E-state index contributed by atoms with van der Waals surface area (Å²) >= 11 is 0. The summed E-state index contributed by atoms with van der Waals surface area (Å²) in [5, 5.41) is 3.05. The third-order valence-corrected chi connectivity index (χ3v) is 5.74. The quantitative estimate of drug-likeness (QED) is 0.736. The van der Waals surface area contributed by atoms with E-state index >= 15 is 0 Å². The number of benzene rings is 2. The van der Waals surface area contributed by atoms with Crippen molar-refractivity contribution in [2.45, 2.75) is 32.7 Å². The van der Waals surface area contributed by atoms with Gasteiger partial charge in [0.2, 0.25) is 0 Å². The fraction of sp³-hybridized carbons (Fsp3) is 0.417. The Balaban J connectivity index is 1.52. The van der Waals surface area contributed by atoms with Gasteiger partial charge in [0, 0.05) is 19.1 Å². The first-order chi connectivity index (χ1) is 14.9. The number of hydrogen-bond donors (Lipinski definition) is 1. The number of hydrogen-bond acceptors (Lipinski definition) is 5. The van der Waals surface area contributed by atoms with Gasteiger partial charge in [-0.25, -0.2) is 0 Å². The standard InChI is InChI=1S/C24H30N2O5/c1-16-7-5-8-19(17(16)2)31-15-22(27)26-13-11-18(12-14-26)25-24(28)23-20(29-3)9-6-10-21(23)30-4/h5-10,18H,11-15H2,1-4H3,(H,25,28). The van der Waals surface area contributed by atoms with E-state index in [0.717, 1.165) is 16.9 Å². The molecule has 0 unspecified atom stereocenters. The van der Waals surface area contributed by atoms with Gasteiger partial charge in [0.05, 0.1) is 14.2 Å². The van der Waals surface area contributed by atoms with E-state index in [9.17, 15) is 9.59 Å². The Morgan fingerprint density at radius 3 is 2.16 bits per heavy atom. The summed E-state index contributed by atoms with van der Waals surface area (Å²) in [6.07, 6.45) is 1.36. The molecule has 0 aromatic heterocycles. The highest BCUT2D eigenvalue weighted by molar-refractivity contribution is 5.99. The maximum atomic E-state index is 12.8. The van der Waals surface area contributed by atoms with Crippen molar-refractivity contribution in [2.75, 3.05) is 33.9 Å². The predicted molar refractivity (Wildman–Crippen MR) is 118 cm³/mol. The highest BCUT2D eigenvalue weighted by Crippen LogP contribution is 2.28. The highest BCUT2D eigenvalue weighted by Gasteiger charge is 2.26. The van der Waals surface area contributed by atoms with Gasteiger partial charge in [-0.2, -0.15) is 0 Å². The molecule has 0 radical (unpaired) electrons. The van der Waals surface area contributed by atoms with Crippen molar-refractivity contribution < 1.29 is 23.8 Å². The maximum Gasteiger partial charge on any atom is 0.260 e. The molecule has 1 heterocycles. The normalized spacial score (nSPS) is 14.1. The largest absolute Gasteiger partial charge is 0.496 e. The van der Waals surface area contributed by atoms with E-state index in [4.69, 9.17) is 14.2 Å². The Kier molecular flexibility index (Phi) is 7.39. The van der Waals surface area contributed by atoms with Crippen molar-refractivity contribution in [3.63, 3.8) is 0 Å². The third-order valence-electron chi connectivity index (χ3n) is 5.74. The Morgan fingerprint density at radius 1 is 0.968 bits per heavy atom. The Labute approximate surface area is 183 Å². The summed E-state index contributed by atoms with van der Waals surface area (Å²) in [6, 6.07) is 11.0. The summed E-state index contributed by atoms with van der Waals surface area (Å²) in [4.78, 5) is 27.2. The van der Waals surface area contributed by atoms with Crippen LogP contribution in [0.1, 0.15) is 34.3 Å². The second kappa shape index (κ2) is 10.2. The van der Waals surface area contributed by atoms with Gasteiger partial charge in [-0.3, -0.25) is 9.59 Å². The van der Waals surface area contributed by atoms with Crippen LogP contribution in [0.2, 0.25) is 0 Å². The number of carbonyl (C=O) groups excluding carboxylic acids is 2. The van der Waals surface area contributed by atoms with Crippen LogP contribution in [0.3, 0.4) is 0 Å². The molecule has 0 aliphatic carbocycles. The van der Waals surface area contributed by atoms with Crippen LogP contribution in [-0.2, 0) is 4.79 Å². The Hall–Kier alpha value is -3.22. The highest BCUT2D eigenvalue weighted by atomic mass is 16.5.